The van der Waals surface area contributed by atoms with Crippen molar-refractivity contribution in [2.75, 3.05) is 0 Å². The molecule has 1 aliphatic carbocycles. The number of aromatic amines is 1. The van der Waals surface area contributed by atoms with Gasteiger partial charge in [0.15, 0.2) is 0 Å². The molecule has 22 heavy (non-hydrogen) atoms. The maximum atomic E-state index is 5.50. The fourth-order valence-electron chi connectivity index (χ4n) is 3.15. The predicted octanol–water partition coefficient (Wildman–Crippen LogP) is 2.32. The Labute approximate surface area is 128 Å². The van der Waals surface area contributed by atoms with Gasteiger partial charge in [-0.15, -0.1) is 0 Å². The molecule has 3 N–H and O–H groups in total. The Morgan fingerprint density at radius 3 is 3.14 bits per heavy atom. The molecule has 4 rings (SSSR count). The first kappa shape index (κ1) is 13.1. The van der Waals surface area contributed by atoms with Gasteiger partial charge in [0, 0.05) is 29.9 Å². The zero-order chi connectivity index (χ0) is 14.9. The summed E-state index contributed by atoms with van der Waals surface area (Å²) in [5, 5.41) is 5.51. The van der Waals surface area contributed by atoms with Gasteiger partial charge in [0.05, 0.1) is 11.9 Å². The highest BCUT2D eigenvalue weighted by Gasteiger charge is 2.29. The van der Waals surface area contributed by atoms with Crippen molar-refractivity contribution in [1.82, 2.24) is 24.7 Å². The second-order valence-corrected chi connectivity index (χ2v) is 5.80. The first-order valence-electron chi connectivity index (χ1n) is 7.54. The molecule has 1 aliphatic rings. The van der Waals surface area contributed by atoms with Crippen molar-refractivity contribution >= 4 is 11.0 Å². The summed E-state index contributed by atoms with van der Waals surface area (Å²) in [4.78, 5) is 11.7. The third-order valence-electron chi connectivity index (χ3n) is 4.52. The van der Waals surface area contributed by atoms with Crippen LogP contribution in [0, 0.1) is 11.8 Å². The number of aromatic nitrogens is 5. The fraction of sp³-hybridized carbons (Fsp3) is 0.312. The fourth-order valence-corrected chi connectivity index (χ4v) is 3.15. The predicted molar refractivity (Wildman–Crippen MR) is 84.7 cm³/mol. The molecule has 0 spiro atoms. The van der Waals surface area contributed by atoms with E-state index in [1.165, 1.54) is 12.8 Å². The lowest BCUT2D eigenvalue weighted by Gasteiger charge is -2.34. The first-order chi connectivity index (χ1) is 10.8. The summed E-state index contributed by atoms with van der Waals surface area (Å²) in [6, 6.07) is 2.00. The molecule has 1 unspecified atom stereocenters. The van der Waals surface area contributed by atoms with E-state index in [0.29, 0.717) is 11.8 Å². The van der Waals surface area contributed by atoms with Crippen LogP contribution in [-0.4, -0.2) is 24.7 Å². The number of allylic oxidation sites excluding steroid dienone is 1. The van der Waals surface area contributed by atoms with E-state index in [1.807, 2.05) is 23.1 Å². The SMILES string of the molecule is N/C=C/C1CC[C@@H]1Cn1cc(-c2ncnc3[nH]ccc23)cn1. The quantitative estimate of drug-likeness (QED) is 0.773. The molecule has 0 amide bonds. The lowest BCUT2D eigenvalue weighted by atomic mass is 9.73. The molecule has 1 saturated carbocycles. The van der Waals surface area contributed by atoms with Gasteiger partial charge in [0.2, 0.25) is 0 Å². The number of hydrogen-bond acceptors (Lipinski definition) is 4. The van der Waals surface area contributed by atoms with Gasteiger partial charge in [0.1, 0.15) is 12.0 Å². The highest BCUT2D eigenvalue weighted by molar-refractivity contribution is 5.89. The van der Waals surface area contributed by atoms with Crippen LogP contribution in [0.5, 0.6) is 0 Å². The Bertz CT molecular complexity index is 815. The average molecular weight is 294 g/mol. The van der Waals surface area contributed by atoms with E-state index in [2.05, 4.69) is 32.3 Å². The largest absolute Gasteiger partial charge is 0.405 e. The van der Waals surface area contributed by atoms with Gasteiger partial charge in [-0.2, -0.15) is 5.10 Å². The van der Waals surface area contributed by atoms with Crippen molar-refractivity contribution in [3.05, 3.63) is 43.3 Å². The topological polar surface area (TPSA) is 85.4 Å². The molecular weight excluding hydrogens is 276 g/mol. The minimum Gasteiger partial charge on any atom is -0.405 e. The minimum atomic E-state index is 0.591. The molecule has 0 saturated heterocycles. The number of fused-ring (bicyclic) bond motifs is 1. The second kappa shape index (κ2) is 5.29. The summed E-state index contributed by atoms with van der Waals surface area (Å²) in [7, 11) is 0. The van der Waals surface area contributed by atoms with Crippen LogP contribution in [-0.2, 0) is 6.54 Å². The van der Waals surface area contributed by atoms with E-state index < -0.39 is 0 Å². The van der Waals surface area contributed by atoms with Gasteiger partial charge < -0.3 is 10.7 Å². The Hall–Kier alpha value is -2.63. The summed E-state index contributed by atoms with van der Waals surface area (Å²) in [5.74, 6) is 1.22. The van der Waals surface area contributed by atoms with Gasteiger partial charge in [-0.3, -0.25) is 4.68 Å². The molecule has 0 aliphatic heterocycles. The Morgan fingerprint density at radius 1 is 1.36 bits per heavy atom. The van der Waals surface area contributed by atoms with Gasteiger partial charge in [0.25, 0.3) is 0 Å². The number of nitrogens with zero attached hydrogens (tertiary/aromatic N) is 4. The molecular formula is C16H18N6. The van der Waals surface area contributed by atoms with Crippen molar-refractivity contribution < 1.29 is 0 Å². The summed E-state index contributed by atoms with van der Waals surface area (Å²) in [6.07, 6.45) is 13.6. The molecule has 6 nitrogen and oxygen atoms in total. The van der Waals surface area contributed by atoms with Gasteiger partial charge >= 0.3 is 0 Å². The van der Waals surface area contributed by atoms with E-state index in [1.54, 1.807) is 12.5 Å². The van der Waals surface area contributed by atoms with Crippen molar-refractivity contribution in [2.45, 2.75) is 19.4 Å². The molecule has 3 heterocycles. The minimum absolute atomic E-state index is 0.591. The van der Waals surface area contributed by atoms with Crippen molar-refractivity contribution in [2.24, 2.45) is 17.6 Å². The third-order valence-corrected chi connectivity index (χ3v) is 4.52. The van der Waals surface area contributed by atoms with E-state index >= 15 is 0 Å². The van der Waals surface area contributed by atoms with E-state index in [0.717, 1.165) is 28.8 Å². The maximum absolute atomic E-state index is 5.50. The first-order valence-corrected chi connectivity index (χ1v) is 7.54. The van der Waals surface area contributed by atoms with Crippen molar-refractivity contribution in [3.8, 4) is 11.3 Å². The van der Waals surface area contributed by atoms with Crippen LogP contribution in [0.25, 0.3) is 22.3 Å². The molecule has 3 aromatic rings. The molecule has 3 aromatic heterocycles. The molecule has 2 atom stereocenters. The zero-order valence-corrected chi connectivity index (χ0v) is 12.2. The summed E-state index contributed by atoms with van der Waals surface area (Å²) >= 11 is 0. The lowest BCUT2D eigenvalue weighted by Crippen LogP contribution is -2.28. The van der Waals surface area contributed by atoms with Crippen LogP contribution < -0.4 is 5.73 Å². The Kier molecular flexibility index (Phi) is 3.14. The number of hydrogen-bond donors (Lipinski definition) is 2. The maximum Gasteiger partial charge on any atom is 0.141 e. The van der Waals surface area contributed by atoms with Crippen LogP contribution in [0.1, 0.15) is 12.8 Å². The Balaban J connectivity index is 1.58. The Morgan fingerprint density at radius 2 is 2.32 bits per heavy atom. The number of nitrogens with one attached hydrogen (secondary N) is 1. The van der Waals surface area contributed by atoms with Gasteiger partial charge in [-0.1, -0.05) is 6.08 Å². The summed E-state index contributed by atoms with van der Waals surface area (Å²) in [6.45, 7) is 0.927. The standard InChI is InChI=1S/C16H18N6/c17-5-3-11-1-2-12(11)8-22-9-13(7-21-22)15-14-4-6-18-16(14)20-10-19-15/h3-7,9-12H,1-2,8,17H2,(H,18,19,20)/b5-3+/t11?,12-/m1/s1. The monoisotopic (exact) mass is 294 g/mol. The smallest absolute Gasteiger partial charge is 0.141 e. The summed E-state index contributed by atoms with van der Waals surface area (Å²) < 4.78 is 2.01. The number of rotatable bonds is 4. The van der Waals surface area contributed by atoms with E-state index in [9.17, 15) is 0 Å². The molecule has 0 radical (unpaired) electrons. The molecule has 1 fully saturated rings. The average Bonchev–Trinajstić information content (AvgIpc) is 3.17. The molecule has 112 valence electrons. The van der Waals surface area contributed by atoms with E-state index in [4.69, 9.17) is 5.73 Å². The zero-order valence-electron chi connectivity index (χ0n) is 12.2. The second-order valence-electron chi connectivity index (χ2n) is 5.80. The van der Waals surface area contributed by atoms with Crippen LogP contribution in [0.4, 0.5) is 0 Å². The van der Waals surface area contributed by atoms with Crippen LogP contribution in [0.2, 0.25) is 0 Å². The molecule has 6 heteroatoms. The van der Waals surface area contributed by atoms with Gasteiger partial charge in [-0.25, -0.2) is 9.97 Å². The lowest BCUT2D eigenvalue weighted by molar-refractivity contribution is 0.191. The van der Waals surface area contributed by atoms with Crippen molar-refractivity contribution in [3.63, 3.8) is 0 Å². The highest BCUT2D eigenvalue weighted by atomic mass is 15.3. The molecule has 0 bridgehead atoms. The number of H-pyrrole nitrogens is 1. The van der Waals surface area contributed by atoms with Crippen LogP contribution in [0.15, 0.2) is 43.3 Å². The third kappa shape index (κ3) is 2.16. The van der Waals surface area contributed by atoms with Crippen LogP contribution in [0.3, 0.4) is 0 Å². The highest BCUT2D eigenvalue weighted by Crippen LogP contribution is 2.36. The van der Waals surface area contributed by atoms with Crippen molar-refractivity contribution in [1.29, 1.82) is 0 Å². The van der Waals surface area contributed by atoms with Gasteiger partial charge in [-0.05, 0) is 36.9 Å². The van der Waals surface area contributed by atoms with Crippen LogP contribution >= 0.6 is 0 Å². The molecule has 0 aromatic carbocycles. The summed E-state index contributed by atoms with van der Waals surface area (Å²) in [5.41, 5.74) is 8.29. The number of nitrogens with two attached hydrogens (primary N) is 1. The van der Waals surface area contributed by atoms with E-state index in [-0.39, 0.29) is 0 Å². The normalized spacial score (nSPS) is 21.5.